The fourth-order valence-corrected chi connectivity index (χ4v) is 9.45. The molecule has 0 heterocycles. The summed E-state index contributed by atoms with van der Waals surface area (Å²) in [6, 6.07) is 59.2. The van der Waals surface area contributed by atoms with Crippen molar-refractivity contribution in [3.05, 3.63) is 158 Å². The lowest BCUT2D eigenvalue weighted by molar-refractivity contribution is 1.66. The van der Waals surface area contributed by atoms with Gasteiger partial charge in [0.2, 0.25) is 0 Å². The lowest BCUT2D eigenvalue weighted by Crippen LogP contribution is -1.84. The van der Waals surface area contributed by atoms with Crippen molar-refractivity contribution in [3.63, 3.8) is 0 Å². The van der Waals surface area contributed by atoms with Gasteiger partial charge < -0.3 is 0 Å². The fraction of sp³-hybridized carbons (Fsp3) is 0. The molecule has 0 amide bonds. The predicted octanol–water partition coefficient (Wildman–Crippen LogP) is 13.6. The summed E-state index contributed by atoms with van der Waals surface area (Å²) in [4.78, 5) is 0. The van der Waals surface area contributed by atoms with Gasteiger partial charge in [0.05, 0.1) is 0 Å². The zero-order chi connectivity index (χ0) is 31.1. The third-order valence-corrected chi connectivity index (χ3v) is 11.3. The largest absolute Gasteiger partial charge is 0.0622 e. The molecule has 0 N–H and O–H groups in total. The Morgan fingerprint density at radius 3 is 1.69 bits per heavy atom. The molecular weight excluding hydrogens is 577 g/mol. The molecule has 1 aliphatic carbocycles. The molecule has 218 valence electrons. The minimum Gasteiger partial charge on any atom is -0.0622 e. The highest BCUT2D eigenvalue weighted by Crippen LogP contribution is 2.54. The average Bonchev–Trinajstić information content (AvgIpc) is 3.78. The van der Waals surface area contributed by atoms with Gasteiger partial charge in [-0.2, -0.15) is 0 Å². The van der Waals surface area contributed by atoms with E-state index in [9.17, 15) is 0 Å². The highest BCUT2D eigenvalue weighted by Gasteiger charge is 2.26. The van der Waals surface area contributed by atoms with Crippen LogP contribution in [0.4, 0.5) is 0 Å². The number of benzene rings is 9. The Morgan fingerprint density at radius 1 is 0.229 bits per heavy atom. The van der Waals surface area contributed by atoms with Gasteiger partial charge in [-0.05, 0) is 126 Å². The van der Waals surface area contributed by atoms with Gasteiger partial charge in [-0.25, -0.2) is 0 Å². The molecule has 0 fully saturated rings. The van der Waals surface area contributed by atoms with E-state index in [1.807, 2.05) is 0 Å². The Hall–Kier alpha value is -6.24. The van der Waals surface area contributed by atoms with Crippen molar-refractivity contribution in [3.8, 4) is 44.5 Å². The third-order valence-electron chi connectivity index (χ3n) is 11.3. The van der Waals surface area contributed by atoms with Gasteiger partial charge in [0, 0.05) is 0 Å². The normalized spacial score (nSPS) is 12.6. The molecule has 0 atom stereocenters. The molecule has 12 rings (SSSR count). The molecule has 0 saturated heterocycles. The average molecular weight is 603 g/mol. The minimum atomic E-state index is 1.27. The van der Waals surface area contributed by atoms with Crippen LogP contribution in [-0.4, -0.2) is 0 Å². The molecular formula is C48H26. The van der Waals surface area contributed by atoms with E-state index in [0.29, 0.717) is 0 Å². The second-order valence-corrected chi connectivity index (χ2v) is 13.5. The number of fused-ring (bicyclic) bond motifs is 10. The van der Waals surface area contributed by atoms with Crippen molar-refractivity contribution in [2.45, 2.75) is 0 Å². The van der Waals surface area contributed by atoms with Gasteiger partial charge in [-0.15, -0.1) is 0 Å². The van der Waals surface area contributed by atoms with Crippen LogP contribution in [0, 0.1) is 0 Å². The van der Waals surface area contributed by atoms with Crippen LogP contribution in [0.25, 0.3) is 120 Å². The second-order valence-electron chi connectivity index (χ2n) is 13.5. The molecule has 0 nitrogen and oxygen atoms in total. The minimum absolute atomic E-state index is 1.27. The lowest BCUT2D eigenvalue weighted by Gasteiger charge is -2.12. The summed E-state index contributed by atoms with van der Waals surface area (Å²) in [6.07, 6.45) is 0. The van der Waals surface area contributed by atoms with E-state index in [4.69, 9.17) is 0 Å². The lowest BCUT2D eigenvalue weighted by atomic mass is 9.90. The number of hydrogen-bond donors (Lipinski definition) is 0. The van der Waals surface area contributed by atoms with Crippen LogP contribution in [0.5, 0.6) is 0 Å². The van der Waals surface area contributed by atoms with Crippen LogP contribution in [0.3, 0.4) is 0 Å². The molecule has 48 heavy (non-hydrogen) atoms. The summed E-state index contributed by atoms with van der Waals surface area (Å²) in [6.45, 7) is 0. The van der Waals surface area contributed by atoms with Crippen LogP contribution in [-0.2, 0) is 0 Å². The van der Waals surface area contributed by atoms with E-state index in [1.165, 1.54) is 120 Å². The molecule has 0 heteroatoms. The van der Waals surface area contributed by atoms with Gasteiger partial charge in [-0.1, -0.05) is 152 Å². The Labute approximate surface area is 276 Å². The number of hydrogen-bond acceptors (Lipinski definition) is 0. The summed E-state index contributed by atoms with van der Waals surface area (Å²) in [7, 11) is 0. The van der Waals surface area contributed by atoms with E-state index < -0.39 is 0 Å². The summed E-state index contributed by atoms with van der Waals surface area (Å²) in [5, 5.41) is 18.9. The summed E-state index contributed by atoms with van der Waals surface area (Å²) >= 11 is 0. The first-order valence-corrected chi connectivity index (χ1v) is 16.9. The molecule has 0 spiro atoms. The second kappa shape index (κ2) is 8.76. The summed E-state index contributed by atoms with van der Waals surface area (Å²) < 4.78 is 0. The summed E-state index contributed by atoms with van der Waals surface area (Å²) in [5.74, 6) is 0. The van der Waals surface area contributed by atoms with Crippen molar-refractivity contribution >= 4 is 75.4 Å². The topological polar surface area (TPSA) is 0 Å². The zero-order valence-electron chi connectivity index (χ0n) is 26.0. The van der Waals surface area contributed by atoms with Crippen molar-refractivity contribution in [1.29, 1.82) is 0 Å². The van der Waals surface area contributed by atoms with Gasteiger partial charge in [0.15, 0.2) is 0 Å². The Kier molecular flexibility index (Phi) is 4.55. The molecule has 11 aromatic rings. The van der Waals surface area contributed by atoms with E-state index in [2.05, 4.69) is 158 Å². The first kappa shape index (κ1) is 24.9. The smallest absolute Gasteiger partial charge is 0.000696 e. The highest BCUT2D eigenvalue weighted by atomic mass is 14.3. The third kappa shape index (κ3) is 2.93. The Morgan fingerprint density at radius 2 is 0.833 bits per heavy atom. The maximum atomic E-state index is 2.43. The van der Waals surface area contributed by atoms with E-state index in [1.54, 1.807) is 0 Å². The molecule has 0 radical (unpaired) electrons. The molecule has 0 bridgehead atoms. The van der Waals surface area contributed by atoms with Crippen LogP contribution in [0.1, 0.15) is 0 Å². The van der Waals surface area contributed by atoms with E-state index >= 15 is 0 Å². The molecule has 1 aliphatic rings. The van der Waals surface area contributed by atoms with Crippen molar-refractivity contribution < 1.29 is 0 Å². The van der Waals surface area contributed by atoms with Crippen LogP contribution in [0.15, 0.2) is 158 Å². The molecule has 11 aromatic carbocycles. The van der Waals surface area contributed by atoms with E-state index in [-0.39, 0.29) is 0 Å². The van der Waals surface area contributed by atoms with Crippen molar-refractivity contribution in [1.82, 2.24) is 0 Å². The first-order valence-electron chi connectivity index (χ1n) is 16.9. The van der Waals surface area contributed by atoms with Crippen molar-refractivity contribution in [2.75, 3.05) is 0 Å². The maximum absolute atomic E-state index is 2.43. The predicted molar refractivity (Wildman–Crippen MR) is 207 cm³/mol. The Bertz CT molecular complexity index is 3140. The fourth-order valence-electron chi connectivity index (χ4n) is 9.45. The van der Waals surface area contributed by atoms with Gasteiger partial charge >= 0.3 is 0 Å². The summed E-state index contributed by atoms with van der Waals surface area (Å²) in [5.41, 5.74) is 10.5. The van der Waals surface area contributed by atoms with Crippen LogP contribution < -0.4 is 0 Å². The molecule has 0 aromatic heterocycles. The van der Waals surface area contributed by atoms with Gasteiger partial charge in [0.1, 0.15) is 0 Å². The monoisotopic (exact) mass is 602 g/mol. The number of rotatable bonds is 2. The maximum Gasteiger partial charge on any atom is -0.000696 e. The van der Waals surface area contributed by atoms with Crippen LogP contribution >= 0.6 is 0 Å². The molecule has 0 aliphatic heterocycles. The quantitative estimate of drug-likeness (QED) is 0.185. The Balaban J connectivity index is 1.23. The van der Waals surface area contributed by atoms with E-state index in [0.717, 1.165) is 0 Å². The molecule has 0 saturated carbocycles. The molecule has 0 unspecified atom stereocenters. The SMILES string of the molecule is c1ccc(-c2c3cccc4c5ccccc5c(c34)c3c4ccc(-c5ccc6c(c5)-c5cccc7cccc-6c57)c5cccc(c23)c54)cc1. The zero-order valence-corrected chi connectivity index (χ0v) is 26.0. The van der Waals surface area contributed by atoms with Crippen molar-refractivity contribution in [2.24, 2.45) is 0 Å². The van der Waals surface area contributed by atoms with Gasteiger partial charge in [-0.3, -0.25) is 0 Å². The highest BCUT2D eigenvalue weighted by molar-refractivity contribution is 6.48. The first-order chi connectivity index (χ1) is 23.8. The standard InChI is InChI=1S/C48H26/c1-2-10-28(11-3-1)43-38-20-9-19-35-31-14-4-5-15-36(31)46(45(35)38)48-40-25-24-30(33-18-8-21-39(44(33)40)47(43)48)29-22-23-32-34-16-6-12-27-13-7-17-37(42(27)34)41(32)26-29/h1-26H. The van der Waals surface area contributed by atoms with Crippen LogP contribution in [0.2, 0.25) is 0 Å². The van der Waals surface area contributed by atoms with Gasteiger partial charge in [0.25, 0.3) is 0 Å².